The molecule has 1 unspecified atom stereocenters. The summed E-state index contributed by atoms with van der Waals surface area (Å²) in [5.74, 6) is -0.330. The fourth-order valence-corrected chi connectivity index (χ4v) is 1.66. The summed E-state index contributed by atoms with van der Waals surface area (Å²) in [4.78, 5) is 12.8. The molecule has 0 aromatic carbocycles. The molecule has 0 aliphatic rings. The molecule has 0 radical (unpaired) electrons. The van der Waals surface area contributed by atoms with Gasteiger partial charge < -0.3 is 15.1 Å². The zero-order valence-corrected chi connectivity index (χ0v) is 12.4. The number of halogens is 3. The zero-order valence-electron chi connectivity index (χ0n) is 12.4. The lowest BCUT2D eigenvalue weighted by molar-refractivity contribution is -0.163. The van der Waals surface area contributed by atoms with E-state index in [-0.39, 0.29) is 18.4 Å². The van der Waals surface area contributed by atoms with Crippen LogP contribution in [0.15, 0.2) is 22.8 Å². The number of hydrogen-bond donors (Lipinski definition) is 1. The molecule has 0 aliphatic carbocycles. The van der Waals surface area contributed by atoms with Crippen molar-refractivity contribution in [2.75, 3.05) is 6.54 Å². The maximum atomic E-state index is 12.6. The maximum absolute atomic E-state index is 12.6. The Balaban J connectivity index is 2.78. The van der Waals surface area contributed by atoms with Gasteiger partial charge in [-0.25, -0.2) is 0 Å². The average Bonchev–Trinajstić information content (AvgIpc) is 2.77. The second kappa shape index (κ2) is 6.51. The van der Waals surface area contributed by atoms with Gasteiger partial charge in [-0.05, 0) is 17.5 Å². The molecule has 1 amide bonds. The van der Waals surface area contributed by atoms with Crippen molar-refractivity contribution < 1.29 is 22.4 Å². The second-order valence-corrected chi connectivity index (χ2v) is 6.12. The highest BCUT2D eigenvalue weighted by molar-refractivity contribution is 5.77. The van der Waals surface area contributed by atoms with Gasteiger partial charge in [-0.1, -0.05) is 20.8 Å². The second-order valence-electron chi connectivity index (χ2n) is 6.12. The molecular formula is C14H21F3N2O2. The van der Waals surface area contributed by atoms with Crippen molar-refractivity contribution in [2.45, 2.75) is 46.0 Å². The summed E-state index contributed by atoms with van der Waals surface area (Å²) in [5, 5.41) is 0. The third-order valence-corrected chi connectivity index (χ3v) is 3.16. The highest BCUT2D eigenvalue weighted by atomic mass is 19.4. The maximum Gasteiger partial charge on any atom is 0.406 e. The minimum atomic E-state index is -4.46. The van der Waals surface area contributed by atoms with Crippen molar-refractivity contribution in [1.29, 1.82) is 0 Å². The topological polar surface area (TPSA) is 59.5 Å². The van der Waals surface area contributed by atoms with Gasteiger partial charge in [-0.15, -0.1) is 0 Å². The Morgan fingerprint density at radius 3 is 2.43 bits per heavy atom. The van der Waals surface area contributed by atoms with Gasteiger partial charge in [0.05, 0.1) is 12.8 Å². The predicted molar refractivity (Wildman–Crippen MR) is 72.2 cm³/mol. The van der Waals surface area contributed by atoms with Gasteiger partial charge in [-0.2, -0.15) is 13.2 Å². The number of carbonyl (C=O) groups excluding carboxylic acids is 1. The highest BCUT2D eigenvalue weighted by Gasteiger charge is 2.34. The summed E-state index contributed by atoms with van der Waals surface area (Å²) in [7, 11) is 0. The SMILES string of the molecule is CC(C)(C)C(N)CC(=O)N(Cc1ccco1)CC(F)(F)F. The van der Waals surface area contributed by atoms with E-state index in [9.17, 15) is 18.0 Å². The Bertz CT molecular complexity index is 450. The molecule has 0 spiro atoms. The molecule has 7 heteroatoms. The first-order valence-electron chi connectivity index (χ1n) is 6.61. The largest absolute Gasteiger partial charge is 0.467 e. The van der Waals surface area contributed by atoms with E-state index >= 15 is 0 Å². The van der Waals surface area contributed by atoms with E-state index in [4.69, 9.17) is 10.2 Å². The molecule has 0 saturated carbocycles. The summed E-state index contributed by atoms with van der Waals surface area (Å²) in [5.41, 5.74) is 5.52. The molecule has 1 aromatic heterocycles. The van der Waals surface area contributed by atoms with E-state index in [1.165, 1.54) is 12.3 Å². The van der Waals surface area contributed by atoms with Gasteiger partial charge in [0.2, 0.25) is 5.91 Å². The molecule has 4 nitrogen and oxygen atoms in total. The third kappa shape index (κ3) is 6.20. The Hall–Kier alpha value is -1.50. The van der Waals surface area contributed by atoms with Gasteiger partial charge in [0.15, 0.2) is 0 Å². The molecule has 2 N–H and O–H groups in total. The van der Waals surface area contributed by atoms with Crippen molar-refractivity contribution in [2.24, 2.45) is 11.1 Å². The van der Waals surface area contributed by atoms with E-state index in [1.807, 2.05) is 20.8 Å². The summed E-state index contributed by atoms with van der Waals surface area (Å²) in [6.07, 6.45) is -3.25. The van der Waals surface area contributed by atoms with Gasteiger partial charge >= 0.3 is 6.18 Å². The molecule has 1 atom stereocenters. The standard InChI is InChI=1S/C14H21F3N2O2/c1-13(2,3)11(18)7-12(20)19(9-14(15,16)17)8-10-5-4-6-21-10/h4-6,11H,7-9,18H2,1-3H3. The minimum absolute atomic E-state index is 0.139. The fourth-order valence-electron chi connectivity index (χ4n) is 1.66. The van der Waals surface area contributed by atoms with Crippen LogP contribution in [0.3, 0.4) is 0 Å². The molecule has 0 saturated heterocycles. The van der Waals surface area contributed by atoms with Crippen LogP contribution in [0.25, 0.3) is 0 Å². The van der Waals surface area contributed by atoms with Crippen LogP contribution in [0.1, 0.15) is 33.0 Å². The first kappa shape index (κ1) is 17.6. The zero-order chi connectivity index (χ0) is 16.3. The van der Waals surface area contributed by atoms with E-state index in [1.54, 1.807) is 6.07 Å². The van der Waals surface area contributed by atoms with E-state index in [0.29, 0.717) is 5.76 Å². The number of amides is 1. The van der Waals surface area contributed by atoms with E-state index in [2.05, 4.69) is 0 Å². The number of alkyl halides is 3. The number of hydrogen-bond acceptors (Lipinski definition) is 3. The normalized spacial score (nSPS) is 14.0. The Labute approximate surface area is 122 Å². The molecule has 120 valence electrons. The van der Waals surface area contributed by atoms with Crippen LogP contribution in [0.2, 0.25) is 0 Å². The van der Waals surface area contributed by atoms with Crippen molar-refractivity contribution in [3.05, 3.63) is 24.2 Å². The van der Waals surface area contributed by atoms with Crippen LogP contribution in [-0.2, 0) is 11.3 Å². The molecule has 0 fully saturated rings. The van der Waals surface area contributed by atoms with E-state index in [0.717, 1.165) is 4.90 Å². The van der Waals surface area contributed by atoms with Crippen LogP contribution < -0.4 is 5.73 Å². The van der Waals surface area contributed by atoms with Gasteiger partial charge in [0, 0.05) is 12.5 Å². The fraction of sp³-hybridized carbons (Fsp3) is 0.643. The molecule has 1 aromatic rings. The first-order valence-corrected chi connectivity index (χ1v) is 6.61. The lowest BCUT2D eigenvalue weighted by Crippen LogP contribution is -2.44. The van der Waals surface area contributed by atoms with Crippen LogP contribution in [-0.4, -0.2) is 29.6 Å². The molecule has 1 rings (SSSR count). The number of rotatable bonds is 5. The Morgan fingerprint density at radius 1 is 1.38 bits per heavy atom. The van der Waals surface area contributed by atoms with Crippen LogP contribution in [0.4, 0.5) is 13.2 Å². The predicted octanol–water partition coefficient (Wildman–Crippen LogP) is 2.93. The summed E-state index contributed by atoms with van der Waals surface area (Å²) in [6.45, 7) is 3.98. The Kier molecular flexibility index (Phi) is 5.44. The molecule has 0 bridgehead atoms. The van der Waals surface area contributed by atoms with Gasteiger partial charge in [0.25, 0.3) is 0 Å². The van der Waals surface area contributed by atoms with Crippen LogP contribution >= 0.6 is 0 Å². The summed E-state index contributed by atoms with van der Waals surface area (Å²) in [6, 6.07) is 2.57. The smallest absolute Gasteiger partial charge is 0.406 e. The molecule has 21 heavy (non-hydrogen) atoms. The molecule has 0 aliphatic heterocycles. The van der Waals surface area contributed by atoms with Crippen LogP contribution in [0, 0.1) is 5.41 Å². The quantitative estimate of drug-likeness (QED) is 0.910. The van der Waals surface area contributed by atoms with Crippen molar-refractivity contribution in [3.8, 4) is 0 Å². The number of furan rings is 1. The number of nitrogens with two attached hydrogens (primary N) is 1. The first-order chi connectivity index (χ1) is 9.49. The molecule has 1 heterocycles. The van der Waals surface area contributed by atoms with E-state index < -0.39 is 24.7 Å². The van der Waals surface area contributed by atoms with Crippen molar-refractivity contribution >= 4 is 5.91 Å². The van der Waals surface area contributed by atoms with Gasteiger partial charge in [-0.3, -0.25) is 4.79 Å². The monoisotopic (exact) mass is 306 g/mol. The molecular weight excluding hydrogens is 285 g/mol. The lowest BCUT2D eigenvalue weighted by Gasteiger charge is -2.30. The van der Waals surface area contributed by atoms with Crippen molar-refractivity contribution in [3.63, 3.8) is 0 Å². The summed E-state index contributed by atoms with van der Waals surface area (Å²) < 4.78 is 42.8. The Morgan fingerprint density at radius 2 is 2.00 bits per heavy atom. The minimum Gasteiger partial charge on any atom is -0.467 e. The third-order valence-electron chi connectivity index (χ3n) is 3.16. The highest BCUT2D eigenvalue weighted by Crippen LogP contribution is 2.23. The number of carbonyl (C=O) groups is 1. The average molecular weight is 306 g/mol. The van der Waals surface area contributed by atoms with Crippen molar-refractivity contribution in [1.82, 2.24) is 4.90 Å². The summed E-state index contributed by atoms with van der Waals surface area (Å²) >= 11 is 0. The lowest BCUT2D eigenvalue weighted by atomic mass is 9.85. The van der Waals surface area contributed by atoms with Gasteiger partial charge in [0.1, 0.15) is 12.3 Å². The van der Waals surface area contributed by atoms with Crippen LogP contribution in [0.5, 0.6) is 0 Å². The number of nitrogens with zero attached hydrogens (tertiary/aromatic N) is 1.